The van der Waals surface area contributed by atoms with Crippen molar-refractivity contribution in [2.75, 3.05) is 0 Å². The highest BCUT2D eigenvalue weighted by molar-refractivity contribution is 7.89. The number of benzene rings is 1. The Kier molecular flexibility index (Phi) is 4.89. The van der Waals surface area contributed by atoms with Crippen LogP contribution in [0.4, 0.5) is 0 Å². The van der Waals surface area contributed by atoms with Crippen molar-refractivity contribution in [2.45, 2.75) is 30.5 Å². The smallest absolute Gasteiger partial charge is 0.261 e. The number of carbonyl (C=O) groups excluding carboxylic acids is 1. The van der Waals surface area contributed by atoms with Crippen molar-refractivity contribution in [1.82, 2.24) is 4.72 Å². The van der Waals surface area contributed by atoms with Gasteiger partial charge in [-0.25, -0.2) is 8.42 Å². The molecule has 0 spiro atoms. The van der Waals surface area contributed by atoms with Crippen molar-refractivity contribution >= 4 is 50.6 Å². The van der Waals surface area contributed by atoms with Gasteiger partial charge in [-0.2, -0.15) is 0 Å². The lowest BCUT2D eigenvalue weighted by molar-refractivity contribution is -0.116. The summed E-state index contributed by atoms with van der Waals surface area (Å²) >= 11 is 18.3. The fourth-order valence-corrected chi connectivity index (χ4v) is 4.01. The van der Waals surface area contributed by atoms with Crippen LogP contribution in [0.25, 0.3) is 0 Å². The van der Waals surface area contributed by atoms with Crippen molar-refractivity contribution in [2.24, 2.45) is 0 Å². The lowest BCUT2D eigenvalue weighted by Gasteiger charge is -2.29. The minimum atomic E-state index is -3.89. The zero-order valence-electron chi connectivity index (χ0n) is 12.6. The molecular formula is C15H14Cl3NO3S. The summed E-state index contributed by atoms with van der Waals surface area (Å²) in [6.07, 6.45) is 0. The van der Waals surface area contributed by atoms with Crippen LogP contribution in [0.2, 0.25) is 0 Å². The van der Waals surface area contributed by atoms with Crippen LogP contribution in [0.3, 0.4) is 0 Å². The quantitative estimate of drug-likeness (QED) is 0.793. The third-order valence-corrected chi connectivity index (χ3v) is 6.37. The number of Topliss-reactive ketones (excluding diaryl/α,β-unsaturated/α-hetero) is 1. The van der Waals surface area contributed by atoms with Crippen molar-refractivity contribution in [3.8, 4) is 0 Å². The van der Waals surface area contributed by atoms with Crippen molar-refractivity contribution in [3.63, 3.8) is 0 Å². The molecule has 4 nitrogen and oxygen atoms in total. The SMILES string of the molecule is CC1=C(Cl)C(=O)[C@](C)(Cl)C(Cl)=C1NS(=O)(=O)c1ccc(C)cc1. The number of allylic oxidation sites excluding steroid dienone is 3. The number of nitrogens with one attached hydrogen (secondary N) is 1. The highest BCUT2D eigenvalue weighted by Gasteiger charge is 2.43. The van der Waals surface area contributed by atoms with Gasteiger partial charge in [-0.1, -0.05) is 40.9 Å². The second kappa shape index (κ2) is 6.13. The highest BCUT2D eigenvalue weighted by atomic mass is 35.5. The van der Waals surface area contributed by atoms with Gasteiger partial charge >= 0.3 is 0 Å². The Labute approximate surface area is 150 Å². The largest absolute Gasteiger partial charge is 0.291 e. The molecule has 0 unspecified atom stereocenters. The van der Waals surface area contributed by atoms with Gasteiger partial charge in [0.1, 0.15) is 4.87 Å². The average molecular weight is 395 g/mol. The summed E-state index contributed by atoms with van der Waals surface area (Å²) in [5.41, 5.74) is 1.18. The molecule has 0 fully saturated rings. The summed E-state index contributed by atoms with van der Waals surface area (Å²) in [6, 6.07) is 6.30. The van der Waals surface area contributed by atoms with Gasteiger partial charge in [0.2, 0.25) is 5.78 Å². The molecule has 0 radical (unpaired) electrons. The first-order valence-electron chi connectivity index (χ1n) is 6.58. The van der Waals surface area contributed by atoms with Crippen LogP contribution in [0, 0.1) is 6.92 Å². The van der Waals surface area contributed by atoms with E-state index in [9.17, 15) is 13.2 Å². The van der Waals surface area contributed by atoms with Crippen LogP contribution in [0.1, 0.15) is 19.4 Å². The van der Waals surface area contributed by atoms with E-state index >= 15 is 0 Å². The first-order valence-corrected chi connectivity index (χ1v) is 9.20. The summed E-state index contributed by atoms with van der Waals surface area (Å²) in [7, 11) is -3.89. The van der Waals surface area contributed by atoms with Crippen molar-refractivity contribution in [1.29, 1.82) is 0 Å². The number of hydrogen-bond acceptors (Lipinski definition) is 3. The van der Waals surface area contributed by atoms with Gasteiger partial charge in [0.15, 0.2) is 0 Å². The molecule has 0 heterocycles. The van der Waals surface area contributed by atoms with Gasteiger partial charge in [0.25, 0.3) is 10.0 Å². The molecule has 8 heteroatoms. The van der Waals surface area contributed by atoms with Gasteiger partial charge in [-0.05, 0) is 38.5 Å². The van der Waals surface area contributed by atoms with Crippen LogP contribution in [-0.4, -0.2) is 19.1 Å². The van der Waals surface area contributed by atoms with Crippen molar-refractivity contribution < 1.29 is 13.2 Å². The summed E-state index contributed by atoms with van der Waals surface area (Å²) in [5.74, 6) is -0.568. The fourth-order valence-electron chi connectivity index (χ4n) is 2.02. The summed E-state index contributed by atoms with van der Waals surface area (Å²) < 4.78 is 27.4. The number of aryl methyl sites for hydroxylation is 1. The summed E-state index contributed by atoms with van der Waals surface area (Å²) in [5, 5.41) is -0.254. The second-order valence-corrected chi connectivity index (χ2v) is 8.57. The molecule has 1 aromatic carbocycles. The number of carbonyl (C=O) groups is 1. The Morgan fingerprint density at radius 1 is 1.09 bits per heavy atom. The molecule has 1 atom stereocenters. The third kappa shape index (κ3) is 3.29. The van der Waals surface area contributed by atoms with Gasteiger partial charge in [-0.3, -0.25) is 9.52 Å². The minimum Gasteiger partial charge on any atom is -0.291 e. The van der Waals surface area contributed by atoms with E-state index in [0.717, 1.165) is 5.56 Å². The monoisotopic (exact) mass is 393 g/mol. The third-order valence-electron chi connectivity index (χ3n) is 3.53. The lowest BCUT2D eigenvalue weighted by Crippen LogP contribution is -2.38. The van der Waals surface area contributed by atoms with Crippen LogP contribution < -0.4 is 4.72 Å². The molecule has 1 aromatic rings. The van der Waals surface area contributed by atoms with Crippen LogP contribution >= 0.6 is 34.8 Å². The molecule has 2 rings (SSSR count). The topological polar surface area (TPSA) is 63.2 Å². The minimum absolute atomic E-state index is 0.0225. The van der Waals surface area contributed by atoms with Gasteiger partial charge in [0.05, 0.1) is 20.7 Å². The number of ketones is 1. The molecule has 1 aliphatic carbocycles. The van der Waals surface area contributed by atoms with E-state index in [0.29, 0.717) is 0 Å². The van der Waals surface area contributed by atoms with Crippen molar-refractivity contribution in [3.05, 3.63) is 51.2 Å². The van der Waals surface area contributed by atoms with E-state index < -0.39 is 20.7 Å². The second-order valence-electron chi connectivity index (χ2n) is 5.38. The molecular weight excluding hydrogens is 381 g/mol. The number of rotatable bonds is 3. The summed E-state index contributed by atoms with van der Waals surface area (Å²) in [6.45, 7) is 4.72. The van der Waals surface area contributed by atoms with E-state index in [1.807, 2.05) is 6.92 Å². The van der Waals surface area contributed by atoms with E-state index in [4.69, 9.17) is 34.8 Å². The predicted octanol–water partition coefficient (Wildman–Crippen LogP) is 3.82. The molecule has 0 amide bonds. The maximum absolute atomic E-state index is 12.5. The van der Waals surface area contributed by atoms with Crippen LogP contribution in [0.15, 0.2) is 50.5 Å². The Balaban J connectivity index is 2.51. The molecule has 0 bridgehead atoms. The molecule has 0 aromatic heterocycles. The zero-order valence-corrected chi connectivity index (χ0v) is 15.7. The first-order chi connectivity index (χ1) is 10.5. The lowest BCUT2D eigenvalue weighted by atomic mass is 9.94. The normalized spacial score (nSPS) is 22.6. The Hall–Kier alpha value is -1.01. The summed E-state index contributed by atoms with van der Waals surface area (Å²) in [4.78, 5) is 10.5. The Bertz CT molecular complexity index is 837. The Morgan fingerprint density at radius 3 is 2.13 bits per heavy atom. The Morgan fingerprint density at radius 2 is 1.61 bits per heavy atom. The first kappa shape index (κ1) is 18.3. The molecule has 0 saturated carbocycles. The van der Waals surface area contributed by atoms with Gasteiger partial charge in [-0.15, -0.1) is 11.6 Å². The van der Waals surface area contributed by atoms with Crippen LogP contribution in [0.5, 0.6) is 0 Å². The van der Waals surface area contributed by atoms with Crippen LogP contribution in [-0.2, 0) is 14.8 Å². The van der Waals surface area contributed by atoms with E-state index in [1.165, 1.54) is 26.0 Å². The molecule has 1 N–H and O–H groups in total. The number of hydrogen-bond donors (Lipinski definition) is 1. The number of alkyl halides is 1. The molecule has 0 saturated heterocycles. The highest BCUT2D eigenvalue weighted by Crippen LogP contribution is 2.41. The molecule has 0 aliphatic heterocycles. The zero-order chi connectivity index (χ0) is 17.6. The number of halogens is 3. The molecule has 1 aliphatic rings. The van der Waals surface area contributed by atoms with Gasteiger partial charge in [0, 0.05) is 0 Å². The maximum atomic E-state index is 12.5. The molecule has 124 valence electrons. The van der Waals surface area contributed by atoms with E-state index in [-0.39, 0.29) is 26.2 Å². The predicted molar refractivity (Wildman–Crippen MR) is 92.2 cm³/mol. The van der Waals surface area contributed by atoms with E-state index in [1.54, 1.807) is 12.1 Å². The standard InChI is InChI=1S/C15H14Cl3NO3S/c1-8-4-6-10(7-5-8)23(21,22)19-12-9(2)11(16)14(20)15(3,18)13(12)17/h4-7,19H,1-3H3/t15-/m1/s1. The average Bonchev–Trinajstić information content (AvgIpc) is 2.49. The fraction of sp³-hybridized carbons (Fsp3) is 0.267. The molecule has 23 heavy (non-hydrogen) atoms. The van der Waals surface area contributed by atoms with E-state index in [2.05, 4.69) is 4.72 Å². The van der Waals surface area contributed by atoms with Gasteiger partial charge < -0.3 is 0 Å². The maximum Gasteiger partial charge on any atom is 0.261 e. The number of sulfonamides is 1.